The van der Waals surface area contributed by atoms with Gasteiger partial charge in [-0.25, -0.2) is 14.2 Å². The Morgan fingerprint density at radius 3 is 2.42 bits per heavy atom. The molecule has 1 aromatic carbocycles. The van der Waals surface area contributed by atoms with Crippen molar-refractivity contribution in [3.8, 4) is 5.75 Å². The van der Waals surface area contributed by atoms with E-state index in [4.69, 9.17) is 11.5 Å². The molecule has 0 spiro atoms. The molecule has 0 saturated heterocycles. The second-order valence-corrected chi connectivity index (χ2v) is 3.36. The van der Waals surface area contributed by atoms with E-state index < -0.39 is 35.8 Å². The molecule has 0 unspecified atom stereocenters. The molecule has 0 fully saturated rings. The number of ether oxygens (including phenoxy) is 1. The Labute approximate surface area is 104 Å². The van der Waals surface area contributed by atoms with Crippen molar-refractivity contribution in [2.24, 2.45) is 16.5 Å². The van der Waals surface area contributed by atoms with Crippen LogP contribution in [0.15, 0.2) is 23.2 Å². The van der Waals surface area contributed by atoms with Crippen molar-refractivity contribution in [1.82, 2.24) is 0 Å². The fourth-order valence-electron chi connectivity index (χ4n) is 1.07. The van der Waals surface area contributed by atoms with E-state index >= 15 is 0 Å². The summed E-state index contributed by atoms with van der Waals surface area (Å²) >= 11 is 0. The number of hydrogen-bond donors (Lipinski definition) is 2. The number of hydrogen-bond acceptors (Lipinski definition) is 3. The van der Waals surface area contributed by atoms with Crippen LogP contribution in [0.5, 0.6) is 5.75 Å². The van der Waals surface area contributed by atoms with Gasteiger partial charge in [-0.15, -0.1) is 0 Å². The number of carbonyl (C=O) groups excluding carboxylic acids is 1. The summed E-state index contributed by atoms with van der Waals surface area (Å²) in [6, 6.07) is 1.51. The van der Waals surface area contributed by atoms with Gasteiger partial charge < -0.3 is 16.2 Å². The molecule has 4 N–H and O–H groups in total. The van der Waals surface area contributed by atoms with Crippen LogP contribution in [-0.2, 0) is 11.0 Å². The smallest absolute Gasteiger partial charge is 0.416 e. The first kappa shape index (κ1) is 14.7. The van der Waals surface area contributed by atoms with E-state index in [1.165, 1.54) is 0 Å². The lowest BCUT2D eigenvalue weighted by Crippen LogP contribution is -2.25. The second kappa shape index (κ2) is 5.55. The highest BCUT2D eigenvalue weighted by molar-refractivity contribution is 5.81. The number of benzene rings is 1. The van der Waals surface area contributed by atoms with Gasteiger partial charge in [-0.1, -0.05) is 0 Å². The molecule has 0 aliphatic rings. The Morgan fingerprint density at radius 1 is 1.32 bits per heavy atom. The van der Waals surface area contributed by atoms with Gasteiger partial charge in [0, 0.05) is 0 Å². The first-order chi connectivity index (χ1) is 8.70. The molecule has 1 rings (SSSR count). The number of nitrogens with zero attached hydrogens (tertiary/aromatic N) is 1. The van der Waals surface area contributed by atoms with Crippen LogP contribution in [-0.4, -0.2) is 18.5 Å². The Balaban J connectivity index is 2.81. The van der Waals surface area contributed by atoms with Crippen LogP contribution in [0.2, 0.25) is 0 Å². The van der Waals surface area contributed by atoms with Crippen LogP contribution < -0.4 is 16.2 Å². The molecule has 0 atom stereocenters. The van der Waals surface area contributed by atoms with Gasteiger partial charge in [0.15, 0.2) is 17.5 Å². The minimum Gasteiger partial charge on any atom is -0.422 e. The second-order valence-electron chi connectivity index (χ2n) is 3.36. The molecule has 9 heteroatoms. The number of esters is 1. The van der Waals surface area contributed by atoms with Crippen molar-refractivity contribution in [3.63, 3.8) is 0 Å². The molecule has 0 radical (unpaired) electrons. The predicted octanol–water partition coefficient (Wildman–Crippen LogP) is 1.02. The van der Waals surface area contributed by atoms with Crippen LogP contribution in [0.25, 0.3) is 0 Å². The van der Waals surface area contributed by atoms with Gasteiger partial charge in [0.05, 0.1) is 5.56 Å². The van der Waals surface area contributed by atoms with Crippen molar-refractivity contribution in [3.05, 3.63) is 29.6 Å². The number of halogens is 4. The molecular formula is C10H9F4N3O2. The summed E-state index contributed by atoms with van der Waals surface area (Å²) in [5, 5.41) is 0. The summed E-state index contributed by atoms with van der Waals surface area (Å²) in [5.41, 5.74) is 8.72. The summed E-state index contributed by atoms with van der Waals surface area (Å²) in [6.07, 6.45) is -4.68. The van der Waals surface area contributed by atoms with Crippen LogP contribution >= 0.6 is 0 Å². The van der Waals surface area contributed by atoms with Crippen LogP contribution in [0, 0.1) is 5.82 Å². The minimum atomic E-state index is -4.68. The molecule has 5 nitrogen and oxygen atoms in total. The highest BCUT2D eigenvalue weighted by Gasteiger charge is 2.31. The monoisotopic (exact) mass is 279 g/mol. The summed E-state index contributed by atoms with van der Waals surface area (Å²) in [4.78, 5) is 14.4. The largest absolute Gasteiger partial charge is 0.422 e. The molecule has 0 saturated carbocycles. The number of aliphatic imine (C=N–C) groups is 1. The van der Waals surface area contributed by atoms with E-state index in [2.05, 4.69) is 9.73 Å². The van der Waals surface area contributed by atoms with Crippen molar-refractivity contribution >= 4 is 11.9 Å². The van der Waals surface area contributed by atoms with Crippen molar-refractivity contribution in [2.75, 3.05) is 6.54 Å². The summed E-state index contributed by atoms with van der Waals surface area (Å²) in [5.74, 6) is -3.33. The molecule has 0 amide bonds. The van der Waals surface area contributed by atoms with E-state index in [9.17, 15) is 22.4 Å². The van der Waals surface area contributed by atoms with Crippen LogP contribution in [0.4, 0.5) is 17.6 Å². The van der Waals surface area contributed by atoms with E-state index in [0.29, 0.717) is 12.1 Å². The normalized spacial score (nSPS) is 10.9. The molecule has 0 heterocycles. The van der Waals surface area contributed by atoms with E-state index in [0.717, 1.165) is 0 Å². The number of nitrogens with two attached hydrogens (primary N) is 2. The molecule has 1 aromatic rings. The Hall–Kier alpha value is -2.32. The maximum Gasteiger partial charge on any atom is 0.416 e. The van der Waals surface area contributed by atoms with E-state index in [-0.39, 0.29) is 12.0 Å². The zero-order valence-corrected chi connectivity index (χ0v) is 9.37. The quantitative estimate of drug-likeness (QED) is 0.284. The lowest BCUT2D eigenvalue weighted by atomic mass is 10.2. The maximum atomic E-state index is 13.3. The molecule has 104 valence electrons. The predicted molar refractivity (Wildman–Crippen MR) is 57.7 cm³/mol. The summed E-state index contributed by atoms with van der Waals surface area (Å²) < 4.78 is 54.5. The van der Waals surface area contributed by atoms with Gasteiger partial charge in [0.2, 0.25) is 0 Å². The SMILES string of the molecule is NC(N)=NCC(=O)Oc1ccc(C(F)(F)F)cc1F. The van der Waals surface area contributed by atoms with Crippen molar-refractivity contribution in [2.45, 2.75) is 6.18 Å². The fourth-order valence-corrected chi connectivity index (χ4v) is 1.07. The highest BCUT2D eigenvalue weighted by atomic mass is 19.4. The number of guanidine groups is 1. The summed E-state index contributed by atoms with van der Waals surface area (Å²) in [6.45, 7) is -0.567. The Kier molecular flexibility index (Phi) is 4.30. The zero-order chi connectivity index (χ0) is 14.6. The average Bonchev–Trinajstić information content (AvgIpc) is 2.27. The molecule has 0 aliphatic heterocycles. The summed E-state index contributed by atoms with van der Waals surface area (Å²) in [7, 11) is 0. The Morgan fingerprint density at radius 2 is 1.95 bits per heavy atom. The van der Waals surface area contributed by atoms with Crippen LogP contribution in [0.1, 0.15) is 5.56 Å². The van der Waals surface area contributed by atoms with Gasteiger partial charge in [-0.2, -0.15) is 13.2 Å². The van der Waals surface area contributed by atoms with Crippen molar-refractivity contribution in [1.29, 1.82) is 0 Å². The third kappa shape index (κ3) is 4.45. The fraction of sp³-hybridized carbons (Fsp3) is 0.200. The number of alkyl halides is 3. The molecular weight excluding hydrogens is 270 g/mol. The maximum absolute atomic E-state index is 13.3. The lowest BCUT2D eigenvalue weighted by Gasteiger charge is -2.09. The van der Waals surface area contributed by atoms with Gasteiger partial charge >= 0.3 is 12.1 Å². The molecule has 0 bridgehead atoms. The molecule has 0 aliphatic carbocycles. The van der Waals surface area contributed by atoms with E-state index in [1.807, 2.05) is 0 Å². The van der Waals surface area contributed by atoms with Gasteiger partial charge in [-0.05, 0) is 18.2 Å². The third-order valence-corrected chi connectivity index (χ3v) is 1.87. The minimum absolute atomic E-state index is 0.225. The average molecular weight is 279 g/mol. The first-order valence-corrected chi connectivity index (χ1v) is 4.83. The molecule has 19 heavy (non-hydrogen) atoms. The topological polar surface area (TPSA) is 90.7 Å². The first-order valence-electron chi connectivity index (χ1n) is 4.83. The van der Waals surface area contributed by atoms with Crippen molar-refractivity contribution < 1.29 is 27.1 Å². The standard InChI is InChI=1S/C10H9F4N3O2/c11-6-3-5(10(12,13)14)1-2-7(6)19-8(18)4-17-9(15)16/h1-3H,4H2,(H4,15,16,17). The highest BCUT2D eigenvalue weighted by Crippen LogP contribution is 2.31. The Bertz CT molecular complexity index is 510. The third-order valence-electron chi connectivity index (χ3n) is 1.87. The zero-order valence-electron chi connectivity index (χ0n) is 9.37. The number of carbonyl (C=O) groups is 1. The van der Waals surface area contributed by atoms with E-state index in [1.54, 1.807) is 0 Å². The number of rotatable bonds is 3. The van der Waals surface area contributed by atoms with Gasteiger partial charge in [-0.3, -0.25) is 0 Å². The van der Waals surface area contributed by atoms with Gasteiger partial charge in [0.25, 0.3) is 0 Å². The molecule has 0 aromatic heterocycles. The lowest BCUT2D eigenvalue weighted by molar-refractivity contribution is -0.137. The van der Waals surface area contributed by atoms with Gasteiger partial charge in [0.1, 0.15) is 6.54 Å². The van der Waals surface area contributed by atoms with Crippen LogP contribution in [0.3, 0.4) is 0 Å².